The second kappa shape index (κ2) is 6.87. The second-order valence-corrected chi connectivity index (χ2v) is 6.17. The van der Waals surface area contributed by atoms with E-state index in [1.807, 2.05) is 12.1 Å². The molecule has 1 atom stereocenters. The number of hydrogen-bond acceptors (Lipinski definition) is 3. The number of sulfonamides is 1. The van der Waals surface area contributed by atoms with E-state index < -0.39 is 10.0 Å². The predicted octanol–water partition coefficient (Wildman–Crippen LogP) is 1.65. The van der Waals surface area contributed by atoms with Crippen LogP contribution < -0.4 is 10.5 Å². The van der Waals surface area contributed by atoms with E-state index in [4.69, 9.17) is 5.73 Å². The van der Waals surface area contributed by atoms with E-state index >= 15 is 0 Å². The summed E-state index contributed by atoms with van der Waals surface area (Å²) >= 11 is 0. The first-order chi connectivity index (χ1) is 8.49. The lowest BCUT2D eigenvalue weighted by Gasteiger charge is -2.11. The smallest absolute Gasteiger partial charge is 0.240 e. The average molecular weight is 270 g/mol. The van der Waals surface area contributed by atoms with Crippen LogP contribution in [0.15, 0.2) is 29.2 Å². The van der Waals surface area contributed by atoms with Crippen molar-refractivity contribution in [2.24, 2.45) is 5.73 Å². The number of nitrogens with one attached hydrogen (secondary N) is 1. The van der Waals surface area contributed by atoms with Gasteiger partial charge in [0.2, 0.25) is 10.0 Å². The molecule has 0 fully saturated rings. The molecule has 3 N–H and O–H groups in total. The molecule has 0 aliphatic rings. The minimum Gasteiger partial charge on any atom is -0.327 e. The lowest BCUT2D eigenvalue weighted by molar-refractivity contribution is 0.583. The zero-order valence-corrected chi connectivity index (χ0v) is 11.8. The van der Waals surface area contributed by atoms with Crippen molar-refractivity contribution in [2.75, 3.05) is 6.54 Å². The Balaban J connectivity index is 2.74. The van der Waals surface area contributed by atoms with Gasteiger partial charge in [0.1, 0.15) is 0 Å². The third-order valence-electron chi connectivity index (χ3n) is 2.73. The summed E-state index contributed by atoms with van der Waals surface area (Å²) in [5.41, 5.74) is 7.03. The Morgan fingerprint density at radius 3 is 2.33 bits per heavy atom. The average Bonchev–Trinajstić information content (AvgIpc) is 2.30. The number of hydrogen-bond donors (Lipinski definition) is 2. The first kappa shape index (κ1) is 15.1. The first-order valence-corrected chi connectivity index (χ1v) is 7.82. The molecule has 0 saturated heterocycles. The number of rotatable bonds is 7. The van der Waals surface area contributed by atoms with Gasteiger partial charge in [-0.2, -0.15) is 0 Å². The molecule has 0 radical (unpaired) electrons. The highest BCUT2D eigenvalue weighted by molar-refractivity contribution is 7.89. The van der Waals surface area contributed by atoms with Gasteiger partial charge in [0.15, 0.2) is 0 Å². The largest absolute Gasteiger partial charge is 0.327 e. The molecule has 0 amide bonds. The zero-order chi connectivity index (χ0) is 13.6. The molecule has 0 saturated carbocycles. The van der Waals surface area contributed by atoms with Gasteiger partial charge in [-0.15, -0.1) is 0 Å². The van der Waals surface area contributed by atoms with E-state index in [0.29, 0.717) is 11.4 Å². The van der Waals surface area contributed by atoms with Gasteiger partial charge >= 0.3 is 0 Å². The van der Waals surface area contributed by atoms with Crippen molar-refractivity contribution in [1.82, 2.24) is 4.72 Å². The van der Waals surface area contributed by atoms with Crippen molar-refractivity contribution in [3.05, 3.63) is 29.8 Å². The van der Waals surface area contributed by atoms with Crippen LogP contribution in [0.2, 0.25) is 0 Å². The lowest BCUT2D eigenvalue weighted by atomic mass is 10.0. The predicted molar refractivity (Wildman–Crippen MR) is 73.9 cm³/mol. The summed E-state index contributed by atoms with van der Waals surface area (Å²) in [5.74, 6) is 0. The summed E-state index contributed by atoms with van der Waals surface area (Å²) in [5, 5.41) is 0. The Morgan fingerprint density at radius 2 is 1.83 bits per heavy atom. The molecule has 0 aliphatic heterocycles. The molecule has 1 rings (SSSR count). The van der Waals surface area contributed by atoms with Crippen molar-refractivity contribution < 1.29 is 8.42 Å². The molecule has 0 bridgehead atoms. The highest BCUT2D eigenvalue weighted by Gasteiger charge is 2.12. The van der Waals surface area contributed by atoms with Crippen LogP contribution >= 0.6 is 0 Å². The van der Waals surface area contributed by atoms with Gasteiger partial charge in [0.05, 0.1) is 4.90 Å². The van der Waals surface area contributed by atoms with E-state index in [2.05, 4.69) is 11.6 Å². The van der Waals surface area contributed by atoms with Crippen LogP contribution in [0, 0.1) is 0 Å². The molecule has 4 nitrogen and oxygen atoms in total. The highest BCUT2D eigenvalue weighted by atomic mass is 32.2. The van der Waals surface area contributed by atoms with Crippen molar-refractivity contribution in [2.45, 2.75) is 44.0 Å². The summed E-state index contributed by atoms with van der Waals surface area (Å²) in [6, 6.07) is 7.07. The Morgan fingerprint density at radius 1 is 1.22 bits per heavy atom. The van der Waals surface area contributed by atoms with Gasteiger partial charge in [-0.05, 0) is 30.5 Å². The molecule has 102 valence electrons. The molecule has 0 aliphatic carbocycles. The maximum atomic E-state index is 11.7. The van der Waals surface area contributed by atoms with Gasteiger partial charge in [0.25, 0.3) is 0 Å². The van der Waals surface area contributed by atoms with Crippen molar-refractivity contribution in [1.29, 1.82) is 0 Å². The topological polar surface area (TPSA) is 72.2 Å². The second-order valence-electron chi connectivity index (χ2n) is 4.40. The van der Waals surface area contributed by atoms with Crippen LogP contribution in [0.4, 0.5) is 0 Å². The molecular formula is C13H22N2O2S. The van der Waals surface area contributed by atoms with E-state index in [1.54, 1.807) is 19.1 Å². The molecule has 18 heavy (non-hydrogen) atoms. The van der Waals surface area contributed by atoms with Gasteiger partial charge in [-0.25, -0.2) is 13.1 Å². The summed E-state index contributed by atoms with van der Waals surface area (Å²) < 4.78 is 25.9. The Kier molecular flexibility index (Phi) is 5.78. The summed E-state index contributed by atoms with van der Waals surface area (Å²) in [7, 11) is -3.35. The third kappa shape index (κ3) is 4.40. The number of benzene rings is 1. The maximum Gasteiger partial charge on any atom is 0.240 e. The number of nitrogens with two attached hydrogens (primary N) is 1. The van der Waals surface area contributed by atoms with Crippen LogP contribution in [-0.4, -0.2) is 21.0 Å². The minimum atomic E-state index is -3.35. The molecule has 1 aromatic carbocycles. The Labute approximate surface area is 110 Å². The van der Waals surface area contributed by atoms with E-state index in [1.165, 1.54) is 0 Å². The van der Waals surface area contributed by atoms with Crippen LogP contribution in [-0.2, 0) is 16.4 Å². The monoisotopic (exact) mass is 270 g/mol. The summed E-state index contributed by atoms with van der Waals surface area (Å²) in [6.45, 7) is 4.26. The molecule has 0 aromatic heterocycles. The van der Waals surface area contributed by atoms with E-state index in [9.17, 15) is 8.42 Å². The lowest BCUT2D eigenvalue weighted by Crippen LogP contribution is -2.23. The van der Waals surface area contributed by atoms with Crippen molar-refractivity contribution in [3.8, 4) is 0 Å². The summed E-state index contributed by atoms with van der Waals surface area (Å²) in [6.07, 6.45) is 2.83. The zero-order valence-electron chi connectivity index (χ0n) is 11.0. The van der Waals surface area contributed by atoms with Crippen molar-refractivity contribution in [3.63, 3.8) is 0 Å². The van der Waals surface area contributed by atoms with Gasteiger partial charge in [-0.1, -0.05) is 32.4 Å². The van der Waals surface area contributed by atoms with E-state index in [0.717, 1.165) is 24.8 Å². The molecule has 0 heterocycles. The summed E-state index contributed by atoms with van der Waals surface area (Å²) in [4.78, 5) is 0.303. The van der Waals surface area contributed by atoms with Gasteiger partial charge < -0.3 is 5.73 Å². The standard InChI is InChI=1S/C13H22N2O2S/c1-3-5-12(14)10-11-6-8-13(9-7-11)18(16,17)15-4-2/h6-9,12,15H,3-5,10,14H2,1-2H3. The van der Waals surface area contributed by atoms with Crippen LogP contribution in [0.5, 0.6) is 0 Å². The van der Waals surface area contributed by atoms with Crippen LogP contribution in [0.1, 0.15) is 32.3 Å². The SMILES string of the molecule is CCCC(N)Cc1ccc(S(=O)(=O)NCC)cc1. The molecule has 1 aromatic rings. The van der Waals surface area contributed by atoms with Crippen LogP contribution in [0.3, 0.4) is 0 Å². The quantitative estimate of drug-likeness (QED) is 0.791. The molecule has 5 heteroatoms. The van der Waals surface area contributed by atoms with Crippen molar-refractivity contribution >= 4 is 10.0 Å². The minimum absolute atomic E-state index is 0.145. The first-order valence-electron chi connectivity index (χ1n) is 6.33. The normalized spacial score (nSPS) is 13.5. The van der Waals surface area contributed by atoms with E-state index in [-0.39, 0.29) is 6.04 Å². The fraction of sp³-hybridized carbons (Fsp3) is 0.538. The van der Waals surface area contributed by atoms with Gasteiger partial charge in [0, 0.05) is 12.6 Å². The third-order valence-corrected chi connectivity index (χ3v) is 4.29. The van der Waals surface area contributed by atoms with Crippen LogP contribution in [0.25, 0.3) is 0 Å². The fourth-order valence-electron chi connectivity index (χ4n) is 1.85. The molecule has 1 unspecified atom stereocenters. The highest BCUT2D eigenvalue weighted by Crippen LogP contribution is 2.12. The Hall–Kier alpha value is -0.910. The Bertz CT molecular complexity index is 454. The van der Waals surface area contributed by atoms with Gasteiger partial charge in [-0.3, -0.25) is 0 Å². The molecule has 0 spiro atoms. The molecular weight excluding hydrogens is 248 g/mol. The fourth-order valence-corrected chi connectivity index (χ4v) is 2.89. The maximum absolute atomic E-state index is 11.7.